The first-order valence-electron chi connectivity index (χ1n) is 12.2. The normalized spacial score (nSPS) is 13.1. The molecule has 10 heteroatoms. The van der Waals surface area contributed by atoms with E-state index in [1.54, 1.807) is 18.3 Å². The lowest BCUT2D eigenvalue weighted by Crippen LogP contribution is -2.08. The largest absolute Gasteiger partial charge is 0.465 e. The Morgan fingerprint density at radius 1 is 1.16 bits per heavy atom. The van der Waals surface area contributed by atoms with Crippen molar-refractivity contribution >= 4 is 50.9 Å². The number of hydrogen-bond acceptors (Lipinski definition) is 7. The number of pyridine rings is 1. The minimum absolute atomic E-state index is 0.164. The fraction of sp³-hybridized carbons (Fsp3) is 0.259. The highest BCUT2D eigenvalue weighted by molar-refractivity contribution is 7.99. The maximum Gasteiger partial charge on any atom is 0.316 e. The molecule has 4 aromatic heterocycles. The van der Waals surface area contributed by atoms with Crippen LogP contribution >= 0.6 is 34.7 Å². The van der Waals surface area contributed by atoms with E-state index in [0.29, 0.717) is 22.6 Å². The molecule has 0 spiro atoms. The first kappa shape index (κ1) is 24.2. The van der Waals surface area contributed by atoms with Gasteiger partial charge in [0.15, 0.2) is 5.82 Å². The molecule has 0 saturated carbocycles. The average molecular weight is 550 g/mol. The number of benzene rings is 1. The third kappa shape index (κ3) is 4.67. The third-order valence-electron chi connectivity index (χ3n) is 6.39. The number of nitrogens with zero attached hydrogens (tertiary/aromatic N) is 4. The average Bonchev–Trinajstić information content (AvgIpc) is 3.66. The molecule has 1 aliphatic rings. The molecule has 0 fully saturated rings. The molecule has 37 heavy (non-hydrogen) atoms. The third-order valence-corrected chi connectivity index (χ3v) is 8.54. The standard InChI is InChI=1S/C27H24ClN5O2S2/c1-2-35-20(34)15-36-27-30-25(31-32-27)24-23(33-13-5-6-14-33)22-21(16-9-11-17(28)12-10-16)18-7-3-4-8-19(18)29-26(22)37-24/h5-6,9-14H,2-4,7-8,15H2,1H3,(H,30,31,32). The van der Waals surface area contributed by atoms with Gasteiger partial charge in [-0.25, -0.2) is 9.97 Å². The number of aromatic amines is 1. The van der Waals surface area contributed by atoms with E-state index in [9.17, 15) is 4.79 Å². The monoisotopic (exact) mass is 549 g/mol. The number of aryl methyl sites for hydroxylation is 1. The van der Waals surface area contributed by atoms with Gasteiger partial charge in [-0.2, -0.15) is 0 Å². The first-order chi connectivity index (χ1) is 18.1. The van der Waals surface area contributed by atoms with E-state index in [1.165, 1.54) is 28.6 Å². The molecule has 0 atom stereocenters. The van der Waals surface area contributed by atoms with Gasteiger partial charge in [0.1, 0.15) is 4.83 Å². The van der Waals surface area contributed by atoms with Crippen molar-refractivity contribution < 1.29 is 9.53 Å². The van der Waals surface area contributed by atoms with Gasteiger partial charge in [0.25, 0.3) is 0 Å². The fourth-order valence-corrected chi connectivity index (χ4v) is 6.70. The van der Waals surface area contributed by atoms with Crippen LogP contribution in [0.25, 0.3) is 37.7 Å². The number of thiophene rings is 1. The van der Waals surface area contributed by atoms with Crippen molar-refractivity contribution in [1.29, 1.82) is 0 Å². The van der Waals surface area contributed by atoms with Crippen LogP contribution in [0.2, 0.25) is 5.02 Å². The summed E-state index contributed by atoms with van der Waals surface area (Å²) in [4.78, 5) is 23.6. The second kappa shape index (κ2) is 10.3. The van der Waals surface area contributed by atoms with Crippen LogP contribution in [0.1, 0.15) is 31.0 Å². The van der Waals surface area contributed by atoms with Gasteiger partial charge in [-0.1, -0.05) is 35.5 Å². The smallest absolute Gasteiger partial charge is 0.316 e. The molecule has 1 N–H and O–H groups in total. The van der Waals surface area contributed by atoms with Crippen molar-refractivity contribution in [1.82, 2.24) is 24.7 Å². The molecule has 0 amide bonds. The van der Waals surface area contributed by atoms with Crippen LogP contribution in [0, 0.1) is 0 Å². The highest BCUT2D eigenvalue weighted by Crippen LogP contribution is 2.47. The number of hydrogen-bond donors (Lipinski definition) is 1. The van der Waals surface area contributed by atoms with Crippen LogP contribution in [0.4, 0.5) is 0 Å². The molecule has 1 aromatic carbocycles. The van der Waals surface area contributed by atoms with Crippen LogP contribution in [0.3, 0.4) is 0 Å². The molecule has 0 saturated heterocycles. The number of H-pyrrole nitrogens is 1. The summed E-state index contributed by atoms with van der Waals surface area (Å²) in [5, 5.41) is 9.79. The summed E-state index contributed by atoms with van der Waals surface area (Å²) < 4.78 is 7.15. The molecule has 4 heterocycles. The highest BCUT2D eigenvalue weighted by atomic mass is 35.5. The Labute approximate surface area is 227 Å². The van der Waals surface area contributed by atoms with E-state index >= 15 is 0 Å². The lowest BCUT2D eigenvalue weighted by Gasteiger charge is -2.21. The number of esters is 1. The molecule has 0 bridgehead atoms. The van der Waals surface area contributed by atoms with Gasteiger partial charge in [0, 0.05) is 28.5 Å². The van der Waals surface area contributed by atoms with E-state index in [0.717, 1.165) is 52.0 Å². The van der Waals surface area contributed by atoms with Crippen LogP contribution in [0.15, 0.2) is 53.9 Å². The molecular formula is C27H24ClN5O2S2. The van der Waals surface area contributed by atoms with Crippen molar-refractivity contribution in [2.75, 3.05) is 12.4 Å². The molecule has 5 aromatic rings. The number of aromatic nitrogens is 5. The minimum atomic E-state index is -0.281. The summed E-state index contributed by atoms with van der Waals surface area (Å²) in [6, 6.07) is 12.1. The lowest BCUT2D eigenvalue weighted by molar-refractivity contribution is -0.139. The Morgan fingerprint density at radius 3 is 2.73 bits per heavy atom. The van der Waals surface area contributed by atoms with Gasteiger partial charge in [-0.15, -0.1) is 16.4 Å². The summed E-state index contributed by atoms with van der Waals surface area (Å²) in [7, 11) is 0. The number of ether oxygens (including phenoxy) is 1. The Bertz CT molecular complexity index is 1570. The maximum absolute atomic E-state index is 11.8. The Kier molecular flexibility index (Phi) is 6.75. The fourth-order valence-electron chi connectivity index (χ4n) is 4.83. The number of carbonyl (C=O) groups is 1. The molecule has 0 aliphatic heterocycles. The minimum Gasteiger partial charge on any atom is -0.465 e. The topological polar surface area (TPSA) is 85.7 Å². The van der Waals surface area contributed by atoms with Gasteiger partial charge in [0.05, 0.1) is 22.9 Å². The molecule has 7 nitrogen and oxygen atoms in total. The molecule has 0 radical (unpaired) electrons. The van der Waals surface area contributed by atoms with Gasteiger partial charge in [0.2, 0.25) is 5.16 Å². The number of halogens is 1. The van der Waals surface area contributed by atoms with E-state index in [2.05, 4.69) is 26.9 Å². The van der Waals surface area contributed by atoms with E-state index in [1.807, 2.05) is 36.7 Å². The zero-order valence-electron chi connectivity index (χ0n) is 20.2. The number of carbonyl (C=O) groups excluding carboxylic acids is 1. The van der Waals surface area contributed by atoms with Crippen molar-refractivity contribution in [3.63, 3.8) is 0 Å². The first-order valence-corrected chi connectivity index (χ1v) is 14.4. The maximum atomic E-state index is 11.8. The van der Waals surface area contributed by atoms with Gasteiger partial charge in [-0.3, -0.25) is 9.89 Å². The van der Waals surface area contributed by atoms with Crippen molar-refractivity contribution in [3.8, 4) is 27.5 Å². The summed E-state index contributed by atoms with van der Waals surface area (Å²) in [6.45, 7) is 2.15. The van der Waals surface area contributed by atoms with Crippen molar-refractivity contribution in [2.24, 2.45) is 0 Å². The van der Waals surface area contributed by atoms with E-state index in [4.69, 9.17) is 26.3 Å². The van der Waals surface area contributed by atoms with Crippen LogP contribution < -0.4 is 0 Å². The number of fused-ring (bicyclic) bond motifs is 2. The SMILES string of the molecule is CCOC(=O)CSc1n[nH]c(-c2sc3nc4c(c(-c5ccc(Cl)cc5)c3c2-n2cccc2)CCCC4)n1. The molecule has 188 valence electrons. The lowest BCUT2D eigenvalue weighted by atomic mass is 9.87. The predicted molar refractivity (Wildman–Crippen MR) is 149 cm³/mol. The Balaban J connectivity index is 1.55. The second-order valence-electron chi connectivity index (χ2n) is 8.74. The Hall–Kier alpha value is -3.14. The zero-order valence-corrected chi connectivity index (χ0v) is 22.6. The predicted octanol–water partition coefficient (Wildman–Crippen LogP) is 6.73. The zero-order chi connectivity index (χ0) is 25.4. The molecular weight excluding hydrogens is 526 g/mol. The van der Waals surface area contributed by atoms with Gasteiger partial charge in [-0.05, 0) is 73.6 Å². The highest BCUT2D eigenvalue weighted by Gasteiger charge is 2.27. The van der Waals surface area contributed by atoms with E-state index in [-0.39, 0.29) is 11.7 Å². The summed E-state index contributed by atoms with van der Waals surface area (Å²) in [5.41, 5.74) is 5.88. The molecule has 1 aliphatic carbocycles. The van der Waals surface area contributed by atoms with Crippen molar-refractivity contribution in [3.05, 3.63) is 65.1 Å². The summed E-state index contributed by atoms with van der Waals surface area (Å²) in [6.07, 6.45) is 8.38. The summed E-state index contributed by atoms with van der Waals surface area (Å²) in [5.74, 6) is 0.533. The quantitative estimate of drug-likeness (QED) is 0.179. The number of nitrogens with one attached hydrogen (secondary N) is 1. The van der Waals surface area contributed by atoms with E-state index < -0.39 is 0 Å². The van der Waals surface area contributed by atoms with Gasteiger partial charge >= 0.3 is 5.97 Å². The van der Waals surface area contributed by atoms with Crippen LogP contribution in [0.5, 0.6) is 0 Å². The van der Waals surface area contributed by atoms with Crippen LogP contribution in [-0.4, -0.2) is 43.1 Å². The second-order valence-corrected chi connectivity index (χ2v) is 11.1. The summed E-state index contributed by atoms with van der Waals surface area (Å²) >= 11 is 9.13. The molecule has 6 rings (SSSR count). The van der Waals surface area contributed by atoms with Crippen LogP contribution in [-0.2, 0) is 22.4 Å². The number of thioether (sulfide) groups is 1. The van der Waals surface area contributed by atoms with Gasteiger partial charge < -0.3 is 9.30 Å². The number of rotatable bonds is 7. The molecule has 0 unspecified atom stereocenters. The van der Waals surface area contributed by atoms with Crippen molar-refractivity contribution in [2.45, 2.75) is 37.8 Å². The Morgan fingerprint density at radius 2 is 1.95 bits per heavy atom.